The molecule has 4 rings (SSSR count). The highest BCUT2D eigenvalue weighted by Crippen LogP contribution is 2.46. The topological polar surface area (TPSA) is 34.6 Å². The SMILES string of the molecule is c1ccc(OC2CSC3(C2)CN(CC2CCOCC2)C3)nc1. The molecule has 0 N–H and O–H groups in total. The first-order valence-electron chi connectivity index (χ1n) is 8.33. The predicted octanol–water partition coefficient (Wildman–Crippen LogP) is 2.45. The number of nitrogens with zero attached hydrogens (tertiary/aromatic N) is 2. The van der Waals surface area contributed by atoms with Gasteiger partial charge in [0, 0.05) is 62.0 Å². The van der Waals surface area contributed by atoms with Gasteiger partial charge in [-0.3, -0.25) is 0 Å². The summed E-state index contributed by atoms with van der Waals surface area (Å²) in [5, 5.41) is 0. The number of pyridine rings is 1. The summed E-state index contributed by atoms with van der Waals surface area (Å²) in [7, 11) is 0. The second-order valence-corrected chi connectivity index (χ2v) is 8.32. The third kappa shape index (κ3) is 3.26. The van der Waals surface area contributed by atoms with Gasteiger partial charge in [-0.15, -0.1) is 11.8 Å². The Kier molecular flexibility index (Phi) is 4.29. The van der Waals surface area contributed by atoms with E-state index in [-0.39, 0.29) is 0 Å². The molecule has 1 spiro atoms. The second-order valence-electron chi connectivity index (χ2n) is 6.83. The lowest BCUT2D eigenvalue weighted by molar-refractivity contribution is 0.0284. The summed E-state index contributed by atoms with van der Waals surface area (Å²) in [6, 6.07) is 5.87. The molecule has 3 aliphatic rings. The Hall–Kier alpha value is -0.780. The van der Waals surface area contributed by atoms with Crippen molar-refractivity contribution in [1.29, 1.82) is 0 Å². The van der Waals surface area contributed by atoms with Gasteiger partial charge in [-0.05, 0) is 24.8 Å². The molecule has 3 saturated heterocycles. The normalized spacial score (nSPS) is 28.6. The van der Waals surface area contributed by atoms with Crippen molar-refractivity contribution < 1.29 is 9.47 Å². The molecule has 0 amide bonds. The molecule has 0 radical (unpaired) electrons. The molecule has 3 fully saturated rings. The zero-order valence-corrected chi connectivity index (χ0v) is 13.8. The van der Waals surface area contributed by atoms with Gasteiger partial charge in [0.25, 0.3) is 0 Å². The van der Waals surface area contributed by atoms with Gasteiger partial charge in [0.15, 0.2) is 0 Å². The van der Waals surface area contributed by atoms with Crippen LogP contribution in [0.25, 0.3) is 0 Å². The Morgan fingerprint density at radius 2 is 2.18 bits per heavy atom. The summed E-state index contributed by atoms with van der Waals surface area (Å²) in [6.45, 7) is 5.64. The third-order valence-electron chi connectivity index (χ3n) is 4.98. The fourth-order valence-electron chi connectivity index (χ4n) is 3.88. The molecule has 120 valence electrons. The quantitative estimate of drug-likeness (QED) is 0.851. The molecule has 0 bridgehead atoms. The van der Waals surface area contributed by atoms with Crippen LogP contribution in [0, 0.1) is 5.92 Å². The van der Waals surface area contributed by atoms with Gasteiger partial charge in [0.1, 0.15) is 6.10 Å². The third-order valence-corrected chi connectivity index (χ3v) is 6.56. The second kappa shape index (κ2) is 6.38. The van der Waals surface area contributed by atoms with Crippen molar-refractivity contribution >= 4 is 11.8 Å². The lowest BCUT2D eigenvalue weighted by atomic mass is 9.90. The minimum Gasteiger partial charge on any atom is -0.473 e. The van der Waals surface area contributed by atoms with Gasteiger partial charge in [0.2, 0.25) is 5.88 Å². The van der Waals surface area contributed by atoms with E-state index in [0.29, 0.717) is 10.9 Å². The molecule has 22 heavy (non-hydrogen) atoms. The Balaban J connectivity index is 1.24. The van der Waals surface area contributed by atoms with Crippen molar-refractivity contribution in [3.8, 4) is 5.88 Å². The van der Waals surface area contributed by atoms with E-state index < -0.39 is 0 Å². The number of aromatic nitrogens is 1. The van der Waals surface area contributed by atoms with Crippen LogP contribution in [0.1, 0.15) is 19.3 Å². The monoisotopic (exact) mass is 320 g/mol. The highest BCUT2D eigenvalue weighted by Gasteiger charge is 2.49. The van der Waals surface area contributed by atoms with Crippen molar-refractivity contribution in [1.82, 2.24) is 9.88 Å². The van der Waals surface area contributed by atoms with Gasteiger partial charge in [-0.2, -0.15) is 0 Å². The largest absolute Gasteiger partial charge is 0.473 e. The number of rotatable bonds is 4. The number of thioether (sulfide) groups is 1. The molecule has 4 nitrogen and oxygen atoms in total. The minimum absolute atomic E-state index is 0.324. The number of hydrogen-bond donors (Lipinski definition) is 0. The predicted molar refractivity (Wildman–Crippen MR) is 88.4 cm³/mol. The van der Waals surface area contributed by atoms with Crippen molar-refractivity contribution in [3.05, 3.63) is 24.4 Å². The van der Waals surface area contributed by atoms with E-state index in [9.17, 15) is 0 Å². The van der Waals surface area contributed by atoms with Crippen LogP contribution in [0.4, 0.5) is 0 Å². The molecule has 0 saturated carbocycles. The molecule has 5 heteroatoms. The van der Waals surface area contributed by atoms with Crippen LogP contribution in [0.15, 0.2) is 24.4 Å². The molecule has 0 aromatic carbocycles. The van der Waals surface area contributed by atoms with Crippen LogP contribution in [0.2, 0.25) is 0 Å². The highest BCUT2D eigenvalue weighted by atomic mass is 32.2. The molecule has 0 aliphatic carbocycles. The van der Waals surface area contributed by atoms with Crippen LogP contribution >= 0.6 is 11.8 Å². The molecule has 1 unspecified atom stereocenters. The lowest BCUT2D eigenvalue weighted by Crippen LogP contribution is -2.60. The van der Waals surface area contributed by atoms with Gasteiger partial charge in [0.05, 0.1) is 0 Å². The fraction of sp³-hybridized carbons (Fsp3) is 0.706. The van der Waals surface area contributed by atoms with Gasteiger partial charge < -0.3 is 14.4 Å². The summed E-state index contributed by atoms with van der Waals surface area (Å²) >= 11 is 2.11. The molecule has 1 aromatic heterocycles. The van der Waals surface area contributed by atoms with E-state index in [4.69, 9.17) is 9.47 Å². The van der Waals surface area contributed by atoms with Crippen LogP contribution < -0.4 is 4.74 Å². The molecule has 3 aliphatic heterocycles. The van der Waals surface area contributed by atoms with E-state index in [0.717, 1.165) is 30.8 Å². The fourth-order valence-corrected chi connectivity index (χ4v) is 5.45. The molecule has 1 aromatic rings. The van der Waals surface area contributed by atoms with Crippen molar-refractivity contribution in [2.45, 2.75) is 30.1 Å². The first-order chi connectivity index (χ1) is 10.8. The van der Waals surface area contributed by atoms with Crippen molar-refractivity contribution in [2.24, 2.45) is 5.92 Å². The maximum Gasteiger partial charge on any atom is 0.213 e. The Bertz CT molecular complexity index is 487. The van der Waals surface area contributed by atoms with Crippen LogP contribution in [-0.2, 0) is 4.74 Å². The van der Waals surface area contributed by atoms with Gasteiger partial charge in [-0.25, -0.2) is 4.98 Å². The van der Waals surface area contributed by atoms with Crippen molar-refractivity contribution in [2.75, 3.05) is 38.6 Å². The summed E-state index contributed by atoms with van der Waals surface area (Å²) in [6.07, 6.45) is 5.76. The molecule has 1 atom stereocenters. The first-order valence-corrected chi connectivity index (χ1v) is 9.32. The summed E-state index contributed by atoms with van der Waals surface area (Å²) in [5.41, 5.74) is 0. The van der Waals surface area contributed by atoms with Gasteiger partial charge in [-0.1, -0.05) is 6.07 Å². The van der Waals surface area contributed by atoms with E-state index in [1.165, 1.54) is 38.9 Å². The average Bonchev–Trinajstić information content (AvgIpc) is 2.93. The van der Waals surface area contributed by atoms with E-state index in [1.807, 2.05) is 18.2 Å². The maximum absolute atomic E-state index is 6.02. The van der Waals surface area contributed by atoms with Crippen LogP contribution in [-0.4, -0.2) is 59.3 Å². The summed E-state index contributed by atoms with van der Waals surface area (Å²) < 4.78 is 11.9. The van der Waals surface area contributed by atoms with E-state index in [1.54, 1.807) is 6.20 Å². The van der Waals surface area contributed by atoms with Crippen molar-refractivity contribution in [3.63, 3.8) is 0 Å². The molecule has 4 heterocycles. The van der Waals surface area contributed by atoms with Gasteiger partial charge >= 0.3 is 0 Å². The number of ether oxygens (including phenoxy) is 2. The maximum atomic E-state index is 6.02. The molecular formula is C17H24N2O2S. The smallest absolute Gasteiger partial charge is 0.213 e. The summed E-state index contributed by atoms with van der Waals surface area (Å²) in [4.78, 5) is 6.90. The minimum atomic E-state index is 0.324. The number of likely N-dealkylation sites (tertiary alicyclic amines) is 1. The van der Waals surface area contributed by atoms with E-state index >= 15 is 0 Å². The number of hydrogen-bond acceptors (Lipinski definition) is 5. The Labute approximate surface area is 136 Å². The lowest BCUT2D eigenvalue weighted by Gasteiger charge is -2.49. The highest BCUT2D eigenvalue weighted by molar-refractivity contribution is 8.01. The van der Waals surface area contributed by atoms with Crippen LogP contribution in [0.5, 0.6) is 5.88 Å². The Morgan fingerprint density at radius 1 is 1.32 bits per heavy atom. The molecular weight excluding hydrogens is 296 g/mol. The average molecular weight is 320 g/mol. The zero-order valence-electron chi connectivity index (χ0n) is 12.9. The Morgan fingerprint density at radius 3 is 2.95 bits per heavy atom. The summed E-state index contributed by atoms with van der Waals surface area (Å²) in [5.74, 6) is 2.71. The standard InChI is InChI=1S/C17H24N2O2S/c1-2-6-18-16(3-1)21-15-9-17(22-11-15)12-19(13-17)10-14-4-7-20-8-5-14/h1-3,6,14-15H,4-5,7-13H2. The van der Waals surface area contributed by atoms with E-state index in [2.05, 4.69) is 21.6 Å². The zero-order chi connectivity index (χ0) is 14.8. The van der Waals surface area contributed by atoms with Crippen LogP contribution in [0.3, 0.4) is 0 Å². The first kappa shape index (κ1) is 14.8.